The summed E-state index contributed by atoms with van der Waals surface area (Å²) in [4.78, 5) is 20.7. The molecule has 1 N–H and O–H groups in total. The molecule has 0 aromatic heterocycles. The summed E-state index contributed by atoms with van der Waals surface area (Å²) < 4.78 is 0. The SMILES string of the molecule is CC(C)(C)c1cc(N=Nc2ccc([N+](=O)[O-])cc2[N+](=O)[O-])c(O)c(C(C)(C)C)c1. The fourth-order valence-electron chi connectivity index (χ4n) is 2.66. The molecule has 0 heterocycles. The Morgan fingerprint density at radius 3 is 1.90 bits per heavy atom. The van der Waals surface area contributed by atoms with E-state index in [-0.39, 0.29) is 28.0 Å². The molecule has 9 heteroatoms. The summed E-state index contributed by atoms with van der Waals surface area (Å²) >= 11 is 0. The topological polar surface area (TPSA) is 131 Å². The molecular weight excluding hydrogens is 376 g/mol. The molecule has 2 aromatic carbocycles. The lowest BCUT2D eigenvalue weighted by molar-refractivity contribution is -0.393. The van der Waals surface area contributed by atoms with Gasteiger partial charge in [0.05, 0.1) is 15.9 Å². The molecule has 0 atom stereocenters. The van der Waals surface area contributed by atoms with Crippen LogP contribution in [0.4, 0.5) is 22.7 Å². The van der Waals surface area contributed by atoms with Crippen LogP contribution in [0.25, 0.3) is 0 Å². The van der Waals surface area contributed by atoms with Gasteiger partial charge < -0.3 is 5.11 Å². The molecule has 2 rings (SSSR count). The zero-order valence-electron chi connectivity index (χ0n) is 17.3. The van der Waals surface area contributed by atoms with E-state index in [0.717, 1.165) is 23.8 Å². The second kappa shape index (κ2) is 7.57. The van der Waals surface area contributed by atoms with Gasteiger partial charge >= 0.3 is 5.69 Å². The molecule has 0 saturated heterocycles. The Morgan fingerprint density at radius 2 is 1.41 bits per heavy atom. The lowest BCUT2D eigenvalue weighted by atomic mass is 9.80. The van der Waals surface area contributed by atoms with E-state index in [2.05, 4.69) is 10.2 Å². The summed E-state index contributed by atoms with van der Waals surface area (Å²) in [5, 5.41) is 40.8. The minimum Gasteiger partial charge on any atom is -0.505 e. The number of rotatable bonds is 4. The molecule has 0 aliphatic rings. The first-order valence-electron chi connectivity index (χ1n) is 8.94. The molecule has 0 saturated carbocycles. The van der Waals surface area contributed by atoms with Crippen LogP contribution in [-0.2, 0) is 10.8 Å². The monoisotopic (exact) mass is 400 g/mol. The Labute approximate surface area is 168 Å². The third-order valence-corrected chi connectivity index (χ3v) is 4.40. The zero-order chi connectivity index (χ0) is 22.1. The van der Waals surface area contributed by atoms with E-state index < -0.39 is 21.2 Å². The Hall–Kier alpha value is -3.36. The van der Waals surface area contributed by atoms with Crippen LogP contribution in [-0.4, -0.2) is 15.0 Å². The quantitative estimate of drug-likeness (QED) is 0.370. The van der Waals surface area contributed by atoms with E-state index in [9.17, 15) is 25.3 Å². The Kier molecular flexibility index (Phi) is 5.73. The van der Waals surface area contributed by atoms with Gasteiger partial charge in [0.25, 0.3) is 5.69 Å². The molecule has 0 amide bonds. The van der Waals surface area contributed by atoms with Crippen molar-refractivity contribution in [3.63, 3.8) is 0 Å². The number of hydrogen-bond donors (Lipinski definition) is 1. The van der Waals surface area contributed by atoms with Crippen molar-refractivity contribution in [3.8, 4) is 5.75 Å². The number of nitro benzene ring substituents is 2. The van der Waals surface area contributed by atoms with Crippen molar-refractivity contribution < 1.29 is 15.0 Å². The Bertz CT molecular complexity index is 1000. The number of azo groups is 1. The molecule has 0 fully saturated rings. The smallest absolute Gasteiger partial charge is 0.303 e. The van der Waals surface area contributed by atoms with E-state index in [0.29, 0.717) is 5.56 Å². The van der Waals surface area contributed by atoms with Crippen molar-refractivity contribution in [1.29, 1.82) is 0 Å². The first kappa shape index (κ1) is 21.9. The third-order valence-electron chi connectivity index (χ3n) is 4.40. The fourth-order valence-corrected chi connectivity index (χ4v) is 2.66. The van der Waals surface area contributed by atoms with Gasteiger partial charge in [-0.15, -0.1) is 10.2 Å². The number of phenolic OH excluding ortho intramolecular Hbond substituents is 1. The van der Waals surface area contributed by atoms with Crippen molar-refractivity contribution in [2.24, 2.45) is 10.2 Å². The highest BCUT2D eigenvalue weighted by molar-refractivity contribution is 5.63. The Morgan fingerprint density at radius 1 is 0.828 bits per heavy atom. The maximum atomic E-state index is 11.3. The molecule has 29 heavy (non-hydrogen) atoms. The normalized spacial score (nSPS) is 12.3. The number of non-ortho nitro benzene ring substituents is 1. The number of nitro groups is 2. The van der Waals surface area contributed by atoms with Gasteiger partial charge in [0, 0.05) is 11.6 Å². The van der Waals surface area contributed by atoms with Gasteiger partial charge in [0.1, 0.15) is 11.4 Å². The predicted molar refractivity (Wildman–Crippen MR) is 109 cm³/mol. The molecule has 0 spiro atoms. The van der Waals surface area contributed by atoms with Crippen LogP contribution in [0.1, 0.15) is 52.7 Å². The first-order chi connectivity index (χ1) is 13.2. The predicted octanol–water partition coefficient (Wildman–Crippen LogP) is 6.22. The fraction of sp³-hybridized carbons (Fsp3) is 0.400. The summed E-state index contributed by atoms with van der Waals surface area (Å²) in [6, 6.07) is 6.72. The lowest BCUT2D eigenvalue weighted by Crippen LogP contribution is -2.16. The van der Waals surface area contributed by atoms with Gasteiger partial charge in [-0.05, 0) is 28.5 Å². The zero-order valence-corrected chi connectivity index (χ0v) is 17.3. The highest BCUT2D eigenvalue weighted by atomic mass is 16.6. The highest BCUT2D eigenvalue weighted by Gasteiger charge is 2.25. The molecule has 9 nitrogen and oxygen atoms in total. The molecule has 0 aliphatic heterocycles. The molecule has 0 bridgehead atoms. The van der Waals surface area contributed by atoms with Crippen LogP contribution in [0, 0.1) is 20.2 Å². The Balaban J connectivity index is 2.63. The van der Waals surface area contributed by atoms with Crippen molar-refractivity contribution in [2.45, 2.75) is 52.4 Å². The first-order valence-corrected chi connectivity index (χ1v) is 8.94. The third kappa shape index (κ3) is 4.92. The number of aromatic hydroxyl groups is 1. The second-order valence-corrected chi connectivity index (χ2v) is 8.78. The summed E-state index contributed by atoms with van der Waals surface area (Å²) in [6.07, 6.45) is 0. The van der Waals surface area contributed by atoms with Gasteiger partial charge in [-0.3, -0.25) is 20.2 Å². The molecular formula is C20H24N4O5. The van der Waals surface area contributed by atoms with Crippen LogP contribution in [0.15, 0.2) is 40.6 Å². The van der Waals surface area contributed by atoms with Gasteiger partial charge in [-0.2, -0.15) is 0 Å². The number of nitrogens with zero attached hydrogens (tertiary/aromatic N) is 4. The van der Waals surface area contributed by atoms with Gasteiger partial charge in [0.15, 0.2) is 5.69 Å². The van der Waals surface area contributed by atoms with Crippen molar-refractivity contribution in [2.75, 3.05) is 0 Å². The van der Waals surface area contributed by atoms with Gasteiger partial charge in [-0.25, -0.2) is 0 Å². The van der Waals surface area contributed by atoms with E-state index >= 15 is 0 Å². The highest BCUT2D eigenvalue weighted by Crippen LogP contribution is 2.42. The van der Waals surface area contributed by atoms with Gasteiger partial charge in [-0.1, -0.05) is 47.6 Å². The summed E-state index contributed by atoms with van der Waals surface area (Å²) in [7, 11) is 0. The molecule has 154 valence electrons. The second-order valence-electron chi connectivity index (χ2n) is 8.78. The van der Waals surface area contributed by atoms with Crippen LogP contribution >= 0.6 is 0 Å². The van der Waals surface area contributed by atoms with Crippen molar-refractivity contribution in [1.82, 2.24) is 0 Å². The van der Waals surface area contributed by atoms with Crippen LogP contribution < -0.4 is 0 Å². The lowest BCUT2D eigenvalue weighted by Gasteiger charge is -2.26. The summed E-state index contributed by atoms with van der Waals surface area (Å²) in [5.74, 6) is -0.0567. The average molecular weight is 400 g/mol. The van der Waals surface area contributed by atoms with Crippen LogP contribution in [0.3, 0.4) is 0 Å². The maximum Gasteiger partial charge on any atom is 0.303 e. The molecule has 0 unspecified atom stereocenters. The van der Waals surface area contributed by atoms with Crippen molar-refractivity contribution in [3.05, 3.63) is 61.7 Å². The minimum atomic E-state index is -0.757. The molecule has 0 radical (unpaired) electrons. The number of benzene rings is 2. The summed E-state index contributed by atoms with van der Waals surface area (Å²) in [6.45, 7) is 11.9. The minimum absolute atomic E-state index is 0.0567. The van der Waals surface area contributed by atoms with Crippen LogP contribution in [0.2, 0.25) is 0 Å². The van der Waals surface area contributed by atoms with Crippen LogP contribution in [0.5, 0.6) is 5.75 Å². The maximum absolute atomic E-state index is 11.3. The van der Waals surface area contributed by atoms with E-state index in [4.69, 9.17) is 0 Å². The van der Waals surface area contributed by atoms with E-state index in [1.807, 2.05) is 47.6 Å². The average Bonchev–Trinajstić information content (AvgIpc) is 2.58. The number of hydrogen-bond acceptors (Lipinski definition) is 7. The van der Waals surface area contributed by atoms with E-state index in [1.54, 1.807) is 6.07 Å². The van der Waals surface area contributed by atoms with E-state index in [1.165, 1.54) is 0 Å². The largest absolute Gasteiger partial charge is 0.505 e. The number of phenols is 1. The summed E-state index contributed by atoms with van der Waals surface area (Å²) in [5.41, 5.74) is 0.0957. The standard InChI is InChI=1S/C20H24N4O5/c1-19(2,3)12-9-14(20(4,5)6)18(25)16(10-12)22-21-15-8-7-13(23(26)27)11-17(15)24(28)29/h7-11,25H,1-6H3. The molecule has 2 aromatic rings. The van der Waals surface area contributed by atoms with Gasteiger partial charge in [0.2, 0.25) is 0 Å². The molecule has 0 aliphatic carbocycles. The van der Waals surface area contributed by atoms with Crippen molar-refractivity contribution >= 4 is 22.7 Å².